The molecule has 0 atom stereocenters. The zero-order valence-corrected chi connectivity index (χ0v) is 15.7. The molecule has 0 spiro atoms. The van der Waals surface area contributed by atoms with Gasteiger partial charge in [-0.3, -0.25) is 4.79 Å². The molecule has 4 nitrogen and oxygen atoms in total. The molecule has 0 fully saturated rings. The number of carbonyl (C=O) groups excluding carboxylic acids is 1. The Morgan fingerprint density at radius 3 is 2.55 bits per heavy atom. The van der Waals surface area contributed by atoms with Crippen molar-refractivity contribution in [2.45, 2.75) is 13.1 Å². The average molecular weight is 392 g/mol. The molecular weight excluding hydrogens is 374 g/mol. The molecule has 146 valence electrons. The van der Waals surface area contributed by atoms with E-state index in [0.717, 1.165) is 16.7 Å². The highest BCUT2D eigenvalue weighted by atomic mass is 19.1. The average Bonchev–Trinajstić information content (AvgIpc) is 2.74. The number of nitrogens with zero attached hydrogens (tertiary/aromatic N) is 1. The number of alkyl halides is 1. The van der Waals surface area contributed by atoms with Crippen LogP contribution >= 0.6 is 0 Å². The van der Waals surface area contributed by atoms with Gasteiger partial charge in [-0.2, -0.15) is 5.26 Å². The van der Waals surface area contributed by atoms with Crippen molar-refractivity contribution in [2.24, 2.45) is 0 Å². The van der Waals surface area contributed by atoms with E-state index < -0.39 is 18.4 Å². The summed E-state index contributed by atoms with van der Waals surface area (Å²) in [5.41, 5.74) is 2.62. The van der Waals surface area contributed by atoms with Gasteiger partial charge in [0.15, 0.2) is 0 Å². The molecule has 3 aromatic rings. The van der Waals surface area contributed by atoms with Gasteiger partial charge in [0.25, 0.3) is 5.91 Å². The quantitative estimate of drug-likeness (QED) is 0.620. The van der Waals surface area contributed by atoms with Crippen LogP contribution in [0, 0.1) is 17.1 Å². The largest absolute Gasteiger partial charge is 0.496 e. The van der Waals surface area contributed by atoms with E-state index in [4.69, 9.17) is 10.00 Å². The van der Waals surface area contributed by atoms with Crippen molar-refractivity contribution in [1.82, 2.24) is 0 Å². The van der Waals surface area contributed by atoms with Crippen molar-refractivity contribution in [3.8, 4) is 22.9 Å². The van der Waals surface area contributed by atoms with Crippen LogP contribution in [0.3, 0.4) is 0 Å². The molecule has 0 saturated carbocycles. The predicted octanol–water partition coefficient (Wildman–Crippen LogP) is 5.29. The molecule has 0 aromatic heterocycles. The van der Waals surface area contributed by atoms with E-state index in [1.165, 1.54) is 18.2 Å². The normalized spacial score (nSPS) is 10.3. The number of ether oxygens (including phenoxy) is 1. The molecule has 1 N–H and O–H groups in total. The maximum atomic E-state index is 14.2. The first-order chi connectivity index (χ1) is 14.1. The fourth-order valence-corrected chi connectivity index (χ4v) is 2.97. The Balaban J connectivity index is 1.84. The lowest BCUT2D eigenvalue weighted by Crippen LogP contribution is -2.14. The third-order valence-corrected chi connectivity index (χ3v) is 4.47. The monoisotopic (exact) mass is 392 g/mol. The molecule has 6 heteroatoms. The van der Waals surface area contributed by atoms with E-state index in [9.17, 15) is 13.6 Å². The summed E-state index contributed by atoms with van der Waals surface area (Å²) in [5.74, 6) is -0.851. The molecule has 3 rings (SSSR count). The lowest BCUT2D eigenvalue weighted by atomic mass is 10.0. The summed E-state index contributed by atoms with van der Waals surface area (Å²) in [6.45, 7) is -0.978. The zero-order chi connectivity index (χ0) is 20.8. The van der Waals surface area contributed by atoms with Gasteiger partial charge in [-0.15, -0.1) is 0 Å². The molecule has 0 aliphatic carbocycles. The molecule has 0 aliphatic rings. The van der Waals surface area contributed by atoms with Crippen LogP contribution in [0.2, 0.25) is 0 Å². The van der Waals surface area contributed by atoms with E-state index in [1.54, 1.807) is 37.4 Å². The van der Waals surface area contributed by atoms with Crippen LogP contribution in [0.5, 0.6) is 5.75 Å². The second-order valence-corrected chi connectivity index (χ2v) is 6.31. The van der Waals surface area contributed by atoms with Gasteiger partial charge in [0.1, 0.15) is 18.2 Å². The van der Waals surface area contributed by atoms with Gasteiger partial charge in [-0.25, -0.2) is 8.78 Å². The first-order valence-corrected chi connectivity index (χ1v) is 8.86. The van der Waals surface area contributed by atoms with Crippen LogP contribution in [-0.4, -0.2) is 13.0 Å². The first-order valence-electron chi connectivity index (χ1n) is 8.86. The number of anilines is 1. The van der Waals surface area contributed by atoms with Crippen LogP contribution < -0.4 is 10.1 Å². The number of methoxy groups -OCH3 is 1. The summed E-state index contributed by atoms with van der Waals surface area (Å²) in [5, 5.41) is 11.5. The standard InChI is InChI=1S/C23H18F2N2O2/c1-29-21-10-5-15(11-12-26)13-20(21)16-6-8-18(9-7-16)27-23(28)19-4-2-3-17(14-24)22(19)25/h2-10,13H,11,14H2,1H3,(H,27,28). The Labute approximate surface area is 167 Å². The highest BCUT2D eigenvalue weighted by molar-refractivity contribution is 6.04. The van der Waals surface area contributed by atoms with Gasteiger partial charge in [0.05, 0.1) is 25.2 Å². The number of benzene rings is 3. The van der Waals surface area contributed by atoms with Crippen LogP contribution in [0.1, 0.15) is 21.5 Å². The molecular formula is C23H18F2N2O2. The van der Waals surface area contributed by atoms with Gasteiger partial charge >= 0.3 is 0 Å². The van der Waals surface area contributed by atoms with Crippen molar-refractivity contribution in [2.75, 3.05) is 12.4 Å². The lowest BCUT2D eigenvalue weighted by Gasteiger charge is -2.12. The lowest BCUT2D eigenvalue weighted by molar-refractivity contribution is 0.102. The summed E-state index contributed by atoms with van der Waals surface area (Å²) in [4.78, 5) is 12.4. The van der Waals surface area contributed by atoms with E-state index in [0.29, 0.717) is 11.4 Å². The van der Waals surface area contributed by atoms with Gasteiger partial charge < -0.3 is 10.1 Å². The topological polar surface area (TPSA) is 62.1 Å². The summed E-state index contributed by atoms with van der Waals surface area (Å²) < 4.78 is 32.4. The highest BCUT2D eigenvalue weighted by Gasteiger charge is 2.15. The number of hydrogen-bond donors (Lipinski definition) is 1. The number of amides is 1. The molecule has 0 radical (unpaired) electrons. The smallest absolute Gasteiger partial charge is 0.258 e. The van der Waals surface area contributed by atoms with Crippen LogP contribution in [0.15, 0.2) is 60.7 Å². The minimum atomic E-state index is -0.978. The maximum absolute atomic E-state index is 14.2. The number of hydrogen-bond acceptors (Lipinski definition) is 3. The Kier molecular flexibility index (Phi) is 6.20. The van der Waals surface area contributed by atoms with Crippen LogP contribution in [0.4, 0.5) is 14.5 Å². The maximum Gasteiger partial charge on any atom is 0.258 e. The van der Waals surface area contributed by atoms with Crippen molar-refractivity contribution < 1.29 is 18.3 Å². The minimum Gasteiger partial charge on any atom is -0.496 e. The van der Waals surface area contributed by atoms with Gasteiger partial charge in [-0.1, -0.05) is 30.3 Å². The molecule has 1 amide bonds. The van der Waals surface area contributed by atoms with E-state index in [-0.39, 0.29) is 17.5 Å². The number of nitrogens with one attached hydrogen (secondary N) is 1. The van der Waals surface area contributed by atoms with Crippen LogP contribution in [-0.2, 0) is 13.1 Å². The van der Waals surface area contributed by atoms with E-state index in [2.05, 4.69) is 11.4 Å². The SMILES string of the molecule is COc1ccc(CC#N)cc1-c1ccc(NC(=O)c2cccc(CF)c2F)cc1. The Morgan fingerprint density at radius 1 is 1.14 bits per heavy atom. The molecule has 3 aromatic carbocycles. The van der Waals surface area contributed by atoms with Crippen molar-refractivity contribution in [3.63, 3.8) is 0 Å². The third-order valence-electron chi connectivity index (χ3n) is 4.47. The molecule has 0 heterocycles. The highest BCUT2D eigenvalue weighted by Crippen LogP contribution is 2.32. The predicted molar refractivity (Wildman–Crippen MR) is 107 cm³/mol. The number of carbonyl (C=O) groups is 1. The van der Waals surface area contributed by atoms with Gasteiger partial charge in [0.2, 0.25) is 0 Å². The zero-order valence-electron chi connectivity index (χ0n) is 15.7. The summed E-state index contributed by atoms with van der Waals surface area (Å²) in [7, 11) is 1.57. The van der Waals surface area contributed by atoms with Crippen molar-refractivity contribution in [3.05, 3.63) is 83.2 Å². The number of halogens is 2. The Morgan fingerprint density at radius 2 is 1.90 bits per heavy atom. The molecule has 0 bridgehead atoms. The van der Waals surface area contributed by atoms with Gasteiger partial charge in [-0.05, 0) is 41.5 Å². The second kappa shape index (κ2) is 8.98. The molecule has 0 aliphatic heterocycles. The fraction of sp³-hybridized carbons (Fsp3) is 0.130. The Hall–Kier alpha value is -3.72. The van der Waals surface area contributed by atoms with Crippen molar-refractivity contribution in [1.29, 1.82) is 5.26 Å². The van der Waals surface area contributed by atoms with Crippen molar-refractivity contribution >= 4 is 11.6 Å². The third kappa shape index (κ3) is 4.41. The number of rotatable bonds is 6. The second-order valence-electron chi connectivity index (χ2n) is 6.31. The minimum absolute atomic E-state index is 0.155. The number of nitriles is 1. The van der Waals surface area contributed by atoms with Gasteiger partial charge in [0, 0.05) is 16.8 Å². The van der Waals surface area contributed by atoms with Crippen LogP contribution in [0.25, 0.3) is 11.1 Å². The summed E-state index contributed by atoms with van der Waals surface area (Å²) in [6, 6.07) is 18.6. The van der Waals surface area contributed by atoms with E-state index in [1.807, 2.05) is 12.1 Å². The summed E-state index contributed by atoms with van der Waals surface area (Å²) >= 11 is 0. The molecule has 0 saturated heterocycles. The molecule has 29 heavy (non-hydrogen) atoms. The first kappa shape index (κ1) is 20.0. The summed E-state index contributed by atoms with van der Waals surface area (Å²) in [6.07, 6.45) is 0.286. The van der Waals surface area contributed by atoms with E-state index >= 15 is 0 Å². The molecule has 0 unspecified atom stereocenters. The fourth-order valence-electron chi connectivity index (χ4n) is 2.97. The Bertz CT molecular complexity index is 1070.